The third kappa shape index (κ3) is 2.69. The van der Waals surface area contributed by atoms with Crippen LogP contribution in [-0.2, 0) is 9.53 Å². The Hall–Kier alpha value is -0.610. The summed E-state index contributed by atoms with van der Waals surface area (Å²) < 4.78 is 4.85. The van der Waals surface area contributed by atoms with Crippen LogP contribution in [0, 0.1) is 5.92 Å². The zero-order chi connectivity index (χ0) is 13.3. The van der Waals surface area contributed by atoms with E-state index < -0.39 is 0 Å². The van der Waals surface area contributed by atoms with Crippen molar-refractivity contribution in [3.05, 3.63) is 0 Å². The number of hydrogen-bond donors (Lipinski definition) is 1. The number of methoxy groups -OCH3 is 1. The molecule has 2 rings (SSSR count). The fourth-order valence-electron chi connectivity index (χ4n) is 3.43. The molecular formula is C14H26N2O2. The van der Waals surface area contributed by atoms with Crippen molar-refractivity contribution in [2.75, 3.05) is 14.2 Å². The van der Waals surface area contributed by atoms with Crippen molar-refractivity contribution in [1.29, 1.82) is 0 Å². The predicted octanol–water partition coefficient (Wildman–Crippen LogP) is 1.40. The Morgan fingerprint density at radius 1 is 1.28 bits per heavy atom. The molecule has 4 nitrogen and oxygen atoms in total. The molecular weight excluding hydrogens is 228 g/mol. The Labute approximate surface area is 110 Å². The summed E-state index contributed by atoms with van der Waals surface area (Å²) in [6.07, 6.45) is 5.06. The molecule has 2 saturated heterocycles. The molecule has 2 aliphatic rings. The Balaban J connectivity index is 1.94. The number of carbonyl (C=O) groups is 1. The van der Waals surface area contributed by atoms with Gasteiger partial charge in [-0.3, -0.25) is 9.69 Å². The van der Waals surface area contributed by atoms with Crippen LogP contribution in [0.2, 0.25) is 0 Å². The van der Waals surface area contributed by atoms with Gasteiger partial charge < -0.3 is 10.1 Å². The van der Waals surface area contributed by atoms with Crippen LogP contribution in [0.25, 0.3) is 0 Å². The Morgan fingerprint density at radius 3 is 2.33 bits per heavy atom. The highest BCUT2D eigenvalue weighted by Crippen LogP contribution is 2.30. The first-order valence-corrected chi connectivity index (χ1v) is 7.08. The number of nitrogens with zero attached hydrogens (tertiary/aromatic N) is 1. The van der Waals surface area contributed by atoms with Gasteiger partial charge in [-0.1, -0.05) is 6.92 Å². The topological polar surface area (TPSA) is 41.6 Å². The molecule has 0 radical (unpaired) electrons. The van der Waals surface area contributed by atoms with E-state index in [1.54, 1.807) is 0 Å². The number of hydrogen-bond acceptors (Lipinski definition) is 4. The quantitative estimate of drug-likeness (QED) is 0.770. The highest BCUT2D eigenvalue weighted by atomic mass is 16.5. The second-order valence-corrected chi connectivity index (χ2v) is 5.98. The average molecular weight is 254 g/mol. The number of rotatable bonds is 4. The lowest BCUT2D eigenvalue weighted by atomic mass is 9.94. The van der Waals surface area contributed by atoms with Gasteiger partial charge in [-0.05, 0) is 39.7 Å². The SMILES string of the molecule is COC(=O)C(C)C(C)N(C)C1CC2CCC(C1)N2. The van der Waals surface area contributed by atoms with Gasteiger partial charge in [0.2, 0.25) is 0 Å². The molecule has 2 bridgehead atoms. The van der Waals surface area contributed by atoms with E-state index in [-0.39, 0.29) is 17.9 Å². The van der Waals surface area contributed by atoms with Crippen LogP contribution in [0.1, 0.15) is 39.5 Å². The zero-order valence-corrected chi connectivity index (χ0v) is 12.0. The van der Waals surface area contributed by atoms with Crippen molar-refractivity contribution < 1.29 is 9.53 Å². The maximum Gasteiger partial charge on any atom is 0.309 e. The summed E-state index contributed by atoms with van der Waals surface area (Å²) in [6.45, 7) is 4.09. The number of piperidine rings is 1. The summed E-state index contributed by atoms with van der Waals surface area (Å²) in [7, 11) is 3.62. The lowest BCUT2D eigenvalue weighted by Crippen LogP contribution is -2.51. The molecule has 2 aliphatic heterocycles. The molecule has 104 valence electrons. The molecule has 0 aromatic heterocycles. The van der Waals surface area contributed by atoms with Crippen LogP contribution in [0.15, 0.2) is 0 Å². The molecule has 18 heavy (non-hydrogen) atoms. The summed E-state index contributed by atoms with van der Waals surface area (Å²) in [4.78, 5) is 14.0. The number of nitrogens with one attached hydrogen (secondary N) is 1. The van der Waals surface area contributed by atoms with Gasteiger partial charge in [0.1, 0.15) is 0 Å². The Morgan fingerprint density at radius 2 is 1.83 bits per heavy atom. The fourth-order valence-corrected chi connectivity index (χ4v) is 3.43. The van der Waals surface area contributed by atoms with Crippen LogP contribution in [0.3, 0.4) is 0 Å². The van der Waals surface area contributed by atoms with Crippen LogP contribution in [0.4, 0.5) is 0 Å². The number of esters is 1. The standard InChI is InChI=1S/C14H26N2O2/c1-9(14(17)18-4)10(2)16(3)13-7-11-5-6-12(8-13)15-11/h9-13,15H,5-8H2,1-4H3. The summed E-state index contributed by atoms with van der Waals surface area (Å²) in [5, 5.41) is 3.66. The van der Waals surface area contributed by atoms with Crippen molar-refractivity contribution in [3.63, 3.8) is 0 Å². The van der Waals surface area contributed by atoms with E-state index >= 15 is 0 Å². The average Bonchev–Trinajstić information content (AvgIpc) is 2.73. The third-order valence-corrected chi connectivity index (χ3v) is 4.96. The molecule has 0 aromatic carbocycles. The van der Waals surface area contributed by atoms with Gasteiger partial charge in [0.25, 0.3) is 0 Å². The van der Waals surface area contributed by atoms with Crippen LogP contribution in [0.5, 0.6) is 0 Å². The molecule has 4 atom stereocenters. The molecule has 0 spiro atoms. The van der Waals surface area contributed by atoms with Gasteiger partial charge in [0.15, 0.2) is 0 Å². The molecule has 2 heterocycles. The summed E-state index contributed by atoms with van der Waals surface area (Å²) >= 11 is 0. The Bertz CT molecular complexity index is 296. The van der Waals surface area contributed by atoms with Crippen molar-refractivity contribution >= 4 is 5.97 Å². The minimum atomic E-state index is -0.105. The van der Waals surface area contributed by atoms with Crippen molar-refractivity contribution in [2.45, 2.75) is 63.7 Å². The van der Waals surface area contributed by atoms with E-state index in [0.717, 1.165) is 0 Å². The van der Waals surface area contributed by atoms with Gasteiger partial charge in [0.05, 0.1) is 13.0 Å². The largest absolute Gasteiger partial charge is 0.469 e. The second-order valence-electron chi connectivity index (χ2n) is 5.98. The number of fused-ring (bicyclic) bond motifs is 2. The van der Waals surface area contributed by atoms with Gasteiger partial charge >= 0.3 is 5.97 Å². The molecule has 1 N–H and O–H groups in total. The first-order valence-electron chi connectivity index (χ1n) is 7.08. The normalized spacial score (nSPS) is 34.4. The predicted molar refractivity (Wildman–Crippen MR) is 71.4 cm³/mol. The minimum Gasteiger partial charge on any atom is -0.469 e. The van der Waals surface area contributed by atoms with Gasteiger partial charge in [-0.25, -0.2) is 0 Å². The van der Waals surface area contributed by atoms with Gasteiger partial charge in [0, 0.05) is 24.2 Å². The van der Waals surface area contributed by atoms with E-state index in [1.807, 2.05) is 6.92 Å². The third-order valence-electron chi connectivity index (χ3n) is 4.96. The smallest absolute Gasteiger partial charge is 0.309 e. The maximum absolute atomic E-state index is 11.6. The first-order chi connectivity index (χ1) is 8.52. The molecule has 0 aromatic rings. The minimum absolute atomic E-state index is 0.0625. The van der Waals surface area contributed by atoms with E-state index in [1.165, 1.54) is 32.8 Å². The van der Waals surface area contributed by atoms with Crippen molar-refractivity contribution in [3.8, 4) is 0 Å². The summed E-state index contributed by atoms with van der Waals surface area (Å²) in [5.41, 5.74) is 0. The lowest BCUT2D eigenvalue weighted by Gasteiger charge is -2.40. The summed E-state index contributed by atoms with van der Waals surface area (Å²) in [6, 6.07) is 2.22. The second kappa shape index (κ2) is 5.57. The van der Waals surface area contributed by atoms with Crippen LogP contribution >= 0.6 is 0 Å². The molecule has 0 saturated carbocycles. The monoisotopic (exact) mass is 254 g/mol. The van der Waals surface area contributed by atoms with E-state index in [4.69, 9.17) is 4.74 Å². The molecule has 4 heteroatoms. The lowest BCUT2D eigenvalue weighted by molar-refractivity contribution is -0.147. The van der Waals surface area contributed by atoms with Gasteiger partial charge in [-0.15, -0.1) is 0 Å². The highest BCUT2D eigenvalue weighted by molar-refractivity contribution is 5.72. The number of ether oxygens (including phenoxy) is 1. The molecule has 4 unspecified atom stereocenters. The van der Waals surface area contributed by atoms with E-state index in [2.05, 4.69) is 24.2 Å². The highest BCUT2D eigenvalue weighted by Gasteiger charge is 2.37. The maximum atomic E-state index is 11.6. The Kier molecular flexibility index (Phi) is 4.28. The van der Waals surface area contributed by atoms with E-state index in [9.17, 15) is 4.79 Å². The molecule has 0 amide bonds. The van der Waals surface area contributed by atoms with Crippen LogP contribution in [-0.4, -0.2) is 49.2 Å². The van der Waals surface area contributed by atoms with Crippen molar-refractivity contribution in [1.82, 2.24) is 10.2 Å². The first kappa shape index (κ1) is 13.8. The van der Waals surface area contributed by atoms with Gasteiger partial charge in [-0.2, -0.15) is 0 Å². The van der Waals surface area contributed by atoms with E-state index in [0.29, 0.717) is 18.1 Å². The zero-order valence-electron chi connectivity index (χ0n) is 12.0. The summed E-state index contributed by atoms with van der Waals surface area (Å²) in [5.74, 6) is -0.168. The number of carbonyl (C=O) groups excluding carboxylic acids is 1. The molecule has 2 fully saturated rings. The molecule has 0 aliphatic carbocycles. The fraction of sp³-hybridized carbons (Fsp3) is 0.929. The van der Waals surface area contributed by atoms with Crippen LogP contribution < -0.4 is 5.32 Å². The van der Waals surface area contributed by atoms with Crippen molar-refractivity contribution in [2.24, 2.45) is 5.92 Å².